The molecule has 0 amide bonds. The van der Waals surface area contributed by atoms with Gasteiger partial charge in [0.25, 0.3) is 0 Å². The Labute approximate surface area is 87.4 Å². The van der Waals surface area contributed by atoms with E-state index in [-0.39, 0.29) is 0 Å². The van der Waals surface area contributed by atoms with Crippen LogP contribution in [0.15, 0.2) is 35.6 Å². The van der Waals surface area contributed by atoms with E-state index in [4.69, 9.17) is 9.79 Å². The summed E-state index contributed by atoms with van der Waals surface area (Å²) in [6, 6.07) is 8.56. The van der Waals surface area contributed by atoms with Crippen LogP contribution in [0.3, 0.4) is 0 Å². The summed E-state index contributed by atoms with van der Waals surface area (Å²) in [5.74, 6) is -0.618. The van der Waals surface area contributed by atoms with Gasteiger partial charge in [-0.1, -0.05) is 30.3 Å². The average Bonchev–Trinajstić information content (AvgIpc) is 2.13. The van der Waals surface area contributed by atoms with Crippen LogP contribution in [0.1, 0.15) is 12.5 Å². The van der Waals surface area contributed by atoms with Crippen molar-refractivity contribution in [1.29, 1.82) is 0 Å². The van der Waals surface area contributed by atoms with Gasteiger partial charge in [0.1, 0.15) is 5.31 Å². The lowest BCUT2D eigenvalue weighted by molar-refractivity contribution is -0.113. The van der Waals surface area contributed by atoms with Gasteiger partial charge in [-0.2, -0.15) is 0 Å². The van der Waals surface area contributed by atoms with E-state index in [0.29, 0.717) is 5.56 Å². The Balaban J connectivity index is 3.18. The van der Waals surface area contributed by atoms with Crippen molar-refractivity contribution in [2.45, 2.75) is 6.92 Å². The minimum Gasteiger partial charge on any atom is -0.321 e. The number of rotatable bonds is 3. The summed E-state index contributed by atoms with van der Waals surface area (Å²) in [6.45, 7) is 1.13. The molecule has 5 heteroatoms. The Morgan fingerprint density at radius 2 is 1.80 bits per heavy atom. The number of allylic oxidation sites excluding steroid dienone is 1. The van der Waals surface area contributed by atoms with Crippen LogP contribution in [0.2, 0.25) is 0 Å². The molecule has 1 aromatic rings. The Morgan fingerprint density at radius 3 is 2.20 bits per heavy atom. The van der Waals surface area contributed by atoms with E-state index in [1.54, 1.807) is 30.3 Å². The molecule has 0 saturated heterocycles. The van der Waals surface area contributed by atoms with E-state index < -0.39 is 18.7 Å². The van der Waals surface area contributed by atoms with Gasteiger partial charge in [0.2, 0.25) is 0 Å². The van der Waals surface area contributed by atoms with E-state index in [1.165, 1.54) is 6.08 Å². The highest BCUT2D eigenvalue weighted by Crippen LogP contribution is 2.46. The number of carbonyl (C=O) groups excluding carboxylic acids is 1. The van der Waals surface area contributed by atoms with Gasteiger partial charge in [-0.05, 0) is 18.6 Å². The topological polar surface area (TPSA) is 74.6 Å². The first-order valence-corrected chi connectivity index (χ1v) is 5.86. The highest BCUT2D eigenvalue weighted by molar-refractivity contribution is 7.58. The monoisotopic (exact) mass is 226 g/mol. The van der Waals surface area contributed by atoms with Crippen LogP contribution in [0, 0.1) is 0 Å². The second-order valence-corrected chi connectivity index (χ2v) is 4.61. The quantitative estimate of drug-likeness (QED) is 0.608. The molecule has 0 saturated carbocycles. The second kappa shape index (κ2) is 4.53. The average molecular weight is 226 g/mol. The molecule has 0 bridgehead atoms. The predicted octanol–water partition coefficient (Wildman–Crippen LogP) is 1.79. The minimum atomic E-state index is -4.49. The maximum absolute atomic E-state index is 11.0. The van der Waals surface area contributed by atoms with Crippen molar-refractivity contribution < 1.29 is 19.1 Å². The van der Waals surface area contributed by atoms with Crippen molar-refractivity contribution in [2.24, 2.45) is 0 Å². The first-order chi connectivity index (χ1) is 6.91. The molecule has 80 valence electrons. The Bertz CT molecular complexity index is 430. The van der Waals surface area contributed by atoms with Crippen LogP contribution in [-0.4, -0.2) is 15.6 Å². The highest BCUT2D eigenvalue weighted by atomic mass is 31.2. The van der Waals surface area contributed by atoms with Crippen molar-refractivity contribution in [2.75, 3.05) is 0 Å². The van der Waals surface area contributed by atoms with Gasteiger partial charge < -0.3 is 9.79 Å². The number of Topliss-reactive ketones (excluding diaryl/α,β-unsaturated/α-hetero) is 1. The number of ketones is 1. The Kier molecular flexibility index (Phi) is 3.58. The molecule has 1 rings (SSSR count). The zero-order valence-electron chi connectivity index (χ0n) is 8.12. The smallest absolute Gasteiger partial charge is 0.321 e. The van der Waals surface area contributed by atoms with Crippen LogP contribution >= 0.6 is 7.60 Å². The molecule has 15 heavy (non-hydrogen) atoms. The Hall–Kier alpha value is -1.22. The van der Waals surface area contributed by atoms with Gasteiger partial charge in [0, 0.05) is 0 Å². The molecule has 0 spiro atoms. The highest BCUT2D eigenvalue weighted by Gasteiger charge is 2.24. The molecule has 0 atom stereocenters. The van der Waals surface area contributed by atoms with Crippen LogP contribution in [-0.2, 0) is 9.36 Å². The molecule has 4 nitrogen and oxygen atoms in total. The van der Waals surface area contributed by atoms with Gasteiger partial charge in [0.15, 0.2) is 5.78 Å². The Morgan fingerprint density at radius 1 is 1.27 bits per heavy atom. The number of hydrogen-bond donors (Lipinski definition) is 2. The molecule has 1 aromatic carbocycles. The summed E-state index contributed by atoms with van der Waals surface area (Å²) in [4.78, 5) is 28.9. The third kappa shape index (κ3) is 3.44. The SMILES string of the molecule is CC(=O)C(=Cc1ccccc1)P(=O)(O)O. The van der Waals surface area contributed by atoms with E-state index in [0.717, 1.165) is 6.92 Å². The molecule has 0 aliphatic carbocycles. The zero-order chi connectivity index (χ0) is 11.5. The third-order valence-corrected chi connectivity index (χ3v) is 2.85. The largest absolute Gasteiger partial charge is 0.359 e. The van der Waals surface area contributed by atoms with Gasteiger partial charge >= 0.3 is 7.60 Å². The molecule has 0 aliphatic heterocycles. The van der Waals surface area contributed by atoms with Crippen molar-refractivity contribution in [1.82, 2.24) is 0 Å². The van der Waals surface area contributed by atoms with Crippen molar-refractivity contribution in [3.8, 4) is 0 Å². The summed E-state index contributed by atoms with van der Waals surface area (Å²) in [5, 5.41) is -0.464. The van der Waals surface area contributed by atoms with E-state index >= 15 is 0 Å². The van der Waals surface area contributed by atoms with Crippen molar-refractivity contribution in [3.63, 3.8) is 0 Å². The number of carbonyl (C=O) groups is 1. The van der Waals surface area contributed by atoms with Crippen molar-refractivity contribution in [3.05, 3.63) is 41.2 Å². The second-order valence-electron chi connectivity index (χ2n) is 3.04. The summed E-state index contributed by atoms with van der Waals surface area (Å²) in [5.41, 5.74) is 0.589. The lowest BCUT2D eigenvalue weighted by Gasteiger charge is -2.05. The molecule has 0 fully saturated rings. The molecule has 2 N–H and O–H groups in total. The normalized spacial score (nSPS) is 12.6. The van der Waals surface area contributed by atoms with Crippen molar-refractivity contribution >= 4 is 19.5 Å². The van der Waals surface area contributed by atoms with Crippen LogP contribution in [0.4, 0.5) is 0 Å². The standard InChI is InChI=1S/C10H11O4P/c1-8(11)10(15(12,13)14)7-9-5-3-2-4-6-9/h2-7H,1H3,(H2,12,13,14). The van der Waals surface area contributed by atoms with Gasteiger partial charge in [-0.3, -0.25) is 9.36 Å². The fourth-order valence-corrected chi connectivity index (χ4v) is 1.83. The van der Waals surface area contributed by atoms with E-state index in [9.17, 15) is 9.36 Å². The van der Waals surface area contributed by atoms with E-state index in [1.807, 2.05) is 0 Å². The lowest BCUT2D eigenvalue weighted by atomic mass is 10.2. The van der Waals surface area contributed by atoms with Crippen LogP contribution in [0.25, 0.3) is 6.08 Å². The molecule has 0 radical (unpaired) electrons. The zero-order valence-corrected chi connectivity index (χ0v) is 9.02. The third-order valence-electron chi connectivity index (χ3n) is 1.78. The maximum atomic E-state index is 11.0. The van der Waals surface area contributed by atoms with Gasteiger partial charge in [0.05, 0.1) is 0 Å². The summed E-state index contributed by atoms with van der Waals surface area (Å²) < 4.78 is 11.0. The predicted molar refractivity (Wildman–Crippen MR) is 57.1 cm³/mol. The lowest BCUT2D eigenvalue weighted by Crippen LogP contribution is -1.97. The number of hydrogen-bond acceptors (Lipinski definition) is 2. The molecule has 0 unspecified atom stereocenters. The van der Waals surface area contributed by atoms with Crippen LogP contribution in [0.5, 0.6) is 0 Å². The summed E-state index contributed by atoms with van der Waals surface area (Å²) in [6.07, 6.45) is 1.21. The minimum absolute atomic E-state index is 0.464. The molecule has 0 aliphatic rings. The van der Waals surface area contributed by atoms with Gasteiger partial charge in [-0.15, -0.1) is 0 Å². The number of benzene rings is 1. The van der Waals surface area contributed by atoms with Gasteiger partial charge in [-0.25, -0.2) is 0 Å². The molecular weight excluding hydrogens is 215 g/mol. The fourth-order valence-electron chi connectivity index (χ4n) is 1.10. The molecular formula is C10H11O4P. The fraction of sp³-hybridized carbons (Fsp3) is 0.100. The van der Waals surface area contributed by atoms with E-state index in [2.05, 4.69) is 0 Å². The van der Waals surface area contributed by atoms with Crippen LogP contribution < -0.4 is 0 Å². The first-order valence-electron chi connectivity index (χ1n) is 4.25. The maximum Gasteiger partial charge on any atom is 0.359 e. The molecule has 0 aromatic heterocycles. The summed E-state index contributed by atoms with van der Waals surface area (Å²) in [7, 11) is -4.49. The summed E-state index contributed by atoms with van der Waals surface area (Å²) >= 11 is 0. The first kappa shape index (κ1) is 11.9. The molecule has 0 heterocycles.